The molecule has 0 amide bonds. The van der Waals surface area contributed by atoms with Gasteiger partial charge in [0.2, 0.25) is 0 Å². The predicted octanol–water partition coefficient (Wildman–Crippen LogP) is 3.96. The summed E-state index contributed by atoms with van der Waals surface area (Å²) in [5, 5.41) is 8.63. The van der Waals surface area contributed by atoms with Crippen LogP contribution in [0, 0.1) is 0 Å². The van der Waals surface area contributed by atoms with Crippen molar-refractivity contribution in [3.63, 3.8) is 0 Å². The first kappa shape index (κ1) is 19.5. The van der Waals surface area contributed by atoms with Crippen LogP contribution in [-0.2, 0) is 4.74 Å². The van der Waals surface area contributed by atoms with Crippen LogP contribution in [0.4, 0.5) is 0 Å². The van der Waals surface area contributed by atoms with Crippen molar-refractivity contribution in [2.75, 3.05) is 6.61 Å². The van der Waals surface area contributed by atoms with Crippen LogP contribution in [0.15, 0.2) is 24.3 Å². The minimum Gasteiger partial charge on any atom is -0.477 e. The molecule has 0 unspecified atom stereocenters. The molecule has 0 saturated carbocycles. The summed E-state index contributed by atoms with van der Waals surface area (Å²) in [6.07, 6.45) is 1.54. The van der Waals surface area contributed by atoms with Crippen molar-refractivity contribution in [2.45, 2.75) is 6.92 Å². The van der Waals surface area contributed by atoms with Gasteiger partial charge in [-0.1, -0.05) is 0 Å². The molecule has 0 spiro atoms. The lowest BCUT2D eigenvalue weighted by molar-refractivity contribution is 0.0520. The molecule has 0 aromatic carbocycles. The number of H-pyrrole nitrogens is 2. The Bertz CT molecular complexity index is 1120. The summed E-state index contributed by atoms with van der Waals surface area (Å²) in [6.45, 7) is 2.11. The first-order chi connectivity index (χ1) is 13.4. The molecule has 0 fully saturated rings. The number of aromatic amines is 2. The topological polar surface area (TPSA) is 129 Å². The molecule has 8 nitrogen and oxygen atoms in total. The molecule has 0 aliphatic rings. The zero-order valence-corrected chi connectivity index (χ0v) is 16.1. The summed E-state index contributed by atoms with van der Waals surface area (Å²) in [4.78, 5) is 49.6. The van der Waals surface area contributed by atoms with Crippen LogP contribution in [0.3, 0.4) is 0 Å². The second-order valence-electron chi connectivity index (χ2n) is 5.48. The van der Waals surface area contributed by atoms with Gasteiger partial charge >= 0.3 is 11.9 Å². The Balaban J connectivity index is 0.000000162. The van der Waals surface area contributed by atoms with E-state index in [-0.39, 0.29) is 11.7 Å². The molecular formula is C18H14N2O6S2. The van der Waals surface area contributed by atoms with E-state index in [1.165, 1.54) is 28.7 Å². The summed E-state index contributed by atoms with van der Waals surface area (Å²) < 4.78 is 6.53. The number of hydrogen-bond acceptors (Lipinski definition) is 7. The Morgan fingerprint density at radius 2 is 1.46 bits per heavy atom. The molecule has 4 aromatic heterocycles. The van der Waals surface area contributed by atoms with Crippen LogP contribution in [0.5, 0.6) is 0 Å². The quantitative estimate of drug-likeness (QED) is 0.332. The summed E-state index contributed by atoms with van der Waals surface area (Å²) in [5.41, 5.74) is 2.07. The van der Waals surface area contributed by atoms with Gasteiger partial charge in [-0.15, -0.1) is 22.7 Å². The lowest BCUT2D eigenvalue weighted by Gasteiger charge is -1.96. The number of carboxylic acids is 1. The normalized spacial score (nSPS) is 10.5. The third kappa shape index (κ3) is 4.02. The van der Waals surface area contributed by atoms with Crippen molar-refractivity contribution in [1.82, 2.24) is 9.97 Å². The van der Waals surface area contributed by atoms with E-state index in [1.54, 1.807) is 25.1 Å². The Morgan fingerprint density at radius 3 is 1.89 bits per heavy atom. The lowest BCUT2D eigenvalue weighted by Crippen LogP contribution is -2.04. The summed E-state index contributed by atoms with van der Waals surface area (Å²) in [5.74, 6) is -1.36. The van der Waals surface area contributed by atoms with Crippen LogP contribution in [0.2, 0.25) is 0 Å². The summed E-state index contributed by atoms with van der Waals surface area (Å²) in [6, 6.07) is 6.58. The van der Waals surface area contributed by atoms with Gasteiger partial charge in [-0.05, 0) is 31.2 Å². The monoisotopic (exact) mass is 418 g/mol. The number of rotatable bonds is 5. The van der Waals surface area contributed by atoms with Gasteiger partial charge in [-0.25, -0.2) is 9.59 Å². The fourth-order valence-corrected chi connectivity index (χ4v) is 4.19. The van der Waals surface area contributed by atoms with E-state index in [9.17, 15) is 19.2 Å². The molecule has 3 N–H and O–H groups in total. The van der Waals surface area contributed by atoms with Crippen LogP contribution in [0.25, 0.3) is 20.4 Å². The van der Waals surface area contributed by atoms with Crippen LogP contribution in [-0.4, -0.2) is 46.2 Å². The molecule has 4 aromatic rings. The molecular weight excluding hydrogens is 404 g/mol. The number of nitrogens with one attached hydrogen (secondary N) is 2. The molecule has 4 heterocycles. The summed E-state index contributed by atoms with van der Waals surface area (Å²) >= 11 is 2.62. The van der Waals surface area contributed by atoms with Gasteiger partial charge in [0.05, 0.1) is 36.8 Å². The smallest absolute Gasteiger partial charge is 0.354 e. The number of carbonyl (C=O) groups excluding carboxylic acids is 3. The number of fused-ring (bicyclic) bond motifs is 2. The minimum absolute atomic E-state index is 0.152. The van der Waals surface area contributed by atoms with Crippen LogP contribution < -0.4 is 0 Å². The standard InChI is InChI=1S/C10H9NO3S.C8H5NO3S/c1-2-14-10(13)8-4-9-7(11-8)3-6(5-12)15-9;10-3-4-1-5-7(13-4)2-6(9-5)8(11)12/h3-5,11H,2H2,1H3;1-3,9H,(H,11,12). The molecule has 144 valence electrons. The summed E-state index contributed by atoms with van der Waals surface area (Å²) in [7, 11) is 0. The number of aldehydes is 2. The van der Waals surface area contributed by atoms with E-state index in [0.717, 1.165) is 27.5 Å². The number of aromatic carboxylic acids is 1. The van der Waals surface area contributed by atoms with E-state index in [2.05, 4.69) is 9.97 Å². The van der Waals surface area contributed by atoms with Crippen molar-refractivity contribution < 1.29 is 29.0 Å². The SMILES string of the molecule is CCOC(=O)c1cc2sc(C=O)cc2[nH]1.O=Cc1cc2[nH]c(C(=O)O)cc2s1. The fraction of sp³-hybridized carbons (Fsp3) is 0.111. The van der Waals surface area contributed by atoms with Crippen LogP contribution >= 0.6 is 22.7 Å². The average Bonchev–Trinajstić information content (AvgIpc) is 3.39. The second-order valence-corrected chi connectivity index (χ2v) is 7.71. The Hall–Kier alpha value is -3.24. The number of esters is 1. The van der Waals surface area contributed by atoms with Crippen molar-refractivity contribution in [3.05, 3.63) is 45.4 Å². The van der Waals surface area contributed by atoms with Gasteiger partial charge in [-0.3, -0.25) is 9.59 Å². The van der Waals surface area contributed by atoms with E-state index < -0.39 is 5.97 Å². The third-order valence-electron chi connectivity index (χ3n) is 3.61. The Kier molecular flexibility index (Phi) is 5.71. The number of carbonyl (C=O) groups is 4. The highest BCUT2D eigenvalue weighted by Crippen LogP contribution is 2.26. The highest BCUT2D eigenvalue weighted by Gasteiger charge is 2.12. The first-order valence-corrected chi connectivity index (χ1v) is 9.64. The average molecular weight is 418 g/mol. The zero-order chi connectivity index (χ0) is 20.3. The molecule has 0 radical (unpaired) electrons. The first-order valence-electron chi connectivity index (χ1n) is 8.01. The maximum Gasteiger partial charge on any atom is 0.354 e. The molecule has 0 atom stereocenters. The van der Waals surface area contributed by atoms with Gasteiger partial charge in [0, 0.05) is 0 Å². The predicted molar refractivity (Wildman–Crippen MR) is 106 cm³/mol. The lowest BCUT2D eigenvalue weighted by atomic mass is 10.4. The molecule has 0 saturated heterocycles. The zero-order valence-electron chi connectivity index (χ0n) is 14.5. The minimum atomic E-state index is -0.990. The number of carboxylic acid groups (broad SMARTS) is 1. The van der Waals surface area contributed by atoms with Crippen molar-refractivity contribution >= 4 is 67.6 Å². The Morgan fingerprint density at radius 1 is 0.964 bits per heavy atom. The third-order valence-corrected chi connectivity index (χ3v) is 5.62. The van der Waals surface area contributed by atoms with E-state index in [4.69, 9.17) is 9.84 Å². The maximum absolute atomic E-state index is 11.3. The fourth-order valence-electron chi connectivity index (χ4n) is 2.43. The maximum atomic E-state index is 11.3. The molecule has 10 heteroatoms. The van der Waals surface area contributed by atoms with E-state index >= 15 is 0 Å². The molecule has 0 bridgehead atoms. The molecule has 28 heavy (non-hydrogen) atoms. The van der Waals surface area contributed by atoms with Gasteiger partial charge in [0.1, 0.15) is 11.4 Å². The van der Waals surface area contributed by atoms with Gasteiger partial charge in [0.25, 0.3) is 0 Å². The van der Waals surface area contributed by atoms with Gasteiger partial charge < -0.3 is 19.8 Å². The van der Waals surface area contributed by atoms with E-state index in [0.29, 0.717) is 27.6 Å². The highest BCUT2D eigenvalue weighted by atomic mass is 32.1. The van der Waals surface area contributed by atoms with Crippen LogP contribution in [0.1, 0.15) is 47.2 Å². The molecule has 0 aliphatic carbocycles. The van der Waals surface area contributed by atoms with Crippen molar-refractivity contribution in [1.29, 1.82) is 0 Å². The van der Waals surface area contributed by atoms with Crippen molar-refractivity contribution in [2.24, 2.45) is 0 Å². The number of ether oxygens (including phenoxy) is 1. The van der Waals surface area contributed by atoms with Gasteiger partial charge in [-0.2, -0.15) is 0 Å². The number of hydrogen-bond donors (Lipinski definition) is 3. The number of aromatic nitrogens is 2. The molecule has 4 rings (SSSR count). The highest BCUT2D eigenvalue weighted by molar-refractivity contribution is 7.20. The Labute approximate surface area is 165 Å². The largest absolute Gasteiger partial charge is 0.477 e. The van der Waals surface area contributed by atoms with E-state index in [1.807, 2.05) is 0 Å². The second kappa shape index (κ2) is 8.19. The number of thiophene rings is 2. The van der Waals surface area contributed by atoms with Crippen molar-refractivity contribution in [3.8, 4) is 0 Å². The van der Waals surface area contributed by atoms with Gasteiger partial charge in [0.15, 0.2) is 12.6 Å². The molecule has 0 aliphatic heterocycles.